The summed E-state index contributed by atoms with van der Waals surface area (Å²) in [7, 11) is 0. The normalized spacial score (nSPS) is 12.8. The Morgan fingerprint density at radius 3 is 2.28 bits per heavy atom. The minimum Gasteiger partial charge on any atom is -0.325 e. The number of hydrogen-bond acceptors (Lipinski definition) is 3. The van der Waals surface area contributed by atoms with Crippen LogP contribution in [0.15, 0.2) is 84.9 Å². The average molecular weight is 441 g/mol. The first-order valence-electron chi connectivity index (χ1n) is 10.1. The lowest BCUT2D eigenvalue weighted by molar-refractivity contribution is -0.115. The van der Waals surface area contributed by atoms with Crippen LogP contribution in [-0.2, 0) is 11.2 Å². The zero-order valence-electron chi connectivity index (χ0n) is 16.8. The number of nitrogens with zero attached hydrogens (tertiary/aromatic N) is 1. The highest BCUT2D eigenvalue weighted by atomic mass is 35.5. The number of amides is 3. The number of carbonyl (C=O) groups excluding carboxylic acids is 3. The van der Waals surface area contributed by atoms with Crippen molar-refractivity contribution in [2.45, 2.75) is 6.42 Å². The van der Waals surface area contributed by atoms with Crippen molar-refractivity contribution >= 4 is 51.5 Å². The Morgan fingerprint density at radius 1 is 0.812 bits per heavy atom. The van der Waals surface area contributed by atoms with Crippen LogP contribution in [0.4, 0.5) is 11.4 Å². The van der Waals surface area contributed by atoms with Crippen molar-refractivity contribution in [2.75, 3.05) is 10.2 Å². The second kappa shape index (κ2) is 7.94. The number of benzene rings is 4. The molecule has 5 nitrogen and oxygen atoms in total. The molecule has 0 unspecified atom stereocenters. The molecule has 0 radical (unpaired) electrons. The molecule has 1 aliphatic rings. The monoisotopic (exact) mass is 440 g/mol. The van der Waals surface area contributed by atoms with Gasteiger partial charge in [-0.15, -0.1) is 0 Å². The lowest BCUT2D eigenvalue weighted by Gasteiger charge is -2.28. The molecule has 0 aliphatic carbocycles. The number of imide groups is 1. The Bertz CT molecular complexity index is 1380. The van der Waals surface area contributed by atoms with Crippen LogP contribution in [0.25, 0.3) is 10.8 Å². The number of carbonyl (C=O) groups is 3. The van der Waals surface area contributed by atoms with Gasteiger partial charge < -0.3 is 5.32 Å². The van der Waals surface area contributed by atoms with E-state index in [-0.39, 0.29) is 12.3 Å². The highest BCUT2D eigenvalue weighted by Gasteiger charge is 2.34. The van der Waals surface area contributed by atoms with Crippen molar-refractivity contribution in [3.63, 3.8) is 0 Å². The molecule has 0 saturated heterocycles. The fraction of sp³-hybridized carbons (Fsp3) is 0.0385. The van der Waals surface area contributed by atoms with Crippen LogP contribution in [-0.4, -0.2) is 17.7 Å². The summed E-state index contributed by atoms with van der Waals surface area (Å²) in [5.74, 6) is -1.03. The molecule has 0 bridgehead atoms. The Hall–Kier alpha value is -3.96. The lowest BCUT2D eigenvalue weighted by Crippen LogP contribution is -2.40. The van der Waals surface area contributed by atoms with Crippen LogP contribution in [0.3, 0.4) is 0 Å². The third-order valence-corrected chi connectivity index (χ3v) is 5.69. The number of rotatable bonds is 4. The van der Waals surface area contributed by atoms with E-state index in [4.69, 9.17) is 11.6 Å². The maximum absolute atomic E-state index is 13.3. The zero-order chi connectivity index (χ0) is 22.2. The van der Waals surface area contributed by atoms with E-state index in [0.29, 0.717) is 38.3 Å². The van der Waals surface area contributed by atoms with Gasteiger partial charge in [-0.05, 0) is 42.0 Å². The van der Waals surface area contributed by atoms with Crippen molar-refractivity contribution in [1.29, 1.82) is 0 Å². The summed E-state index contributed by atoms with van der Waals surface area (Å²) in [5, 5.41) is 4.54. The molecule has 4 aromatic carbocycles. The Balaban J connectivity index is 1.54. The zero-order valence-corrected chi connectivity index (χ0v) is 17.6. The van der Waals surface area contributed by atoms with Gasteiger partial charge in [0, 0.05) is 32.6 Å². The van der Waals surface area contributed by atoms with Crippen LogP contribution >= 0.6 is 11.6 Å². The third-order valence-electron chi connectivity index (χ3n) is 5.46. The number of hydrogen-bond donors (Lipinski definition) is 1. The molecular formula is C26H17ClN2O3. The summed E-state index contributed by atoms with van der Waals surface area (Å²) in [6.07, 6.45) is 0.226. The molecule has 3 amide bonds. The van der Waals surface area contributed by atoms with Crippen LogP contribution in [0.5, 0.6) is 0 Å². The van der Waals surface area contributed by atoms with Gasteiger partial charge in [-0.3, -0.25) is 14.4 Å². The van der Waals surface area contributed by atoms with Gasteiger partial charge in [-0.1, -0.05) is 60.1 Å². The molecule has 32 heavy (non-hydrogen) atoms. The quantitative estimate of drug-likeness (QED) is 0.427. The van der Waals surface area contributed by atoms with Gasteiger partial charge in [0.2, 0.25) is 5.91 Å². The molecule has 156 valence electrons. The molecule has 0 atom stereocenters. The van der Waals surface area contributed by atoms with Gasteiger partial charge in [0.25, 0.3) is 11.8 Å². The summed E-state index contributed by atoms with van der Waals surface area (Å²) >= 11 is 6.08. The third kappa shape index (κ3) is 3.43. The highest BCUT2D eigenvalue weighted by molar-refractivity contribution is 6.37. The minimum absolute atomic E-state index is 0.175. The van der Waals surface area contributed by atoms with Gasteiger partial charge in [-0.2, -0.15) is 0 Å². The van der Waals surface area contributed by atoms with E-state index in [0.717, 1.165) is 10.5 Å². The fourth-order valence-corrected chi connectivity index (χ4v) is 4.22. The first-order chi connectivity index (χ1) is 15.5. The molecule has 0 fully saturated rings. The molecule has 5 rings (SSSR count). The summed E-state index contributed by atoms with van der Waals surface area (Å²) < 4.78 is 0. The highest BCUT2D eigenvalue weighted by Crippen LogP contribution is 2.36. The van der Waals surface area contributed by atoms with Crippen LogP contribution in [0, 0.1) is 0 Å². The predicted octanol–water partition coefficient (Wildman–Crippen LogP) is 5.48. The molecule has 0 spiro atoms. The minimum atomic E-state index is -0.428. The molecule has 0 saturated carbocycles. The van der Waals surface area contributed by atoms with Crippen molar-refractivity contribution in [1.82, 2.24) is 0 Å². The summed E-state index contributed by atoms with van der Waals surface area (Å²) in [6, 6.07) is 24.7. The van der Waals surface area contributed by atoms with Crippen LogP contribution in [0.2, 0.25) is 5.02 Å². The maximum atomic E-state index is 13.3. The lowest BCUT2D eigenvalue weighted by atomic mass is 9.92. The number of nitrogens with one attached hydrogen (secondary N) is 1. The first-order valence-corrected chi connectivity index (χ1v) is 10.4. The molecule has 1 N–H and O–H groups in total. The number of halogens is 1. The Labute approximate surface area is 189 Å². The predicted molar refractivity (Wildman–Crippen MR) is 125 cm³/mol. The smallest absolute Gasteiger partial charge is 0.265 e. The topological polar surface area (TPSA) is 66.5 Å². The van der Waals surface area contributed by atoms with Crippen molar-refractivity contribution in [3.8, 4) is 0 Å². The first kappa shape index (κ1) is 20.0. The van der Waals surface area contributed by atoms with Crippen molar-refractivity contribution < 1.29 is 14.4 Å². The summed E-state index contributed by atoms with van der Waals surface area (Å²) in [5.41, 5.74) is 2.67. The van der Waals surface area contributed by atoms with Gasteiger partial charge >= 0.3 is 0 Å². The van der Waals surface area contributed by atoms with Crippen LogP contribution < -0.4 is 10.2 Å². The second-order valence-corrected chi connectivity index (χ2v) is 7.96. The van der Waals surface area contributed by atoms with Crippen LogP contribution in [0.1, 0.15) is 26.3 Å². The Kier molecular flexibility index (Phi) is 4.96. The fourth-order valence-electron chi connectivity index (χ4n) is 4.03. The van der Waals surface area contributed by atoms with Crippen molar-refractivity contribution in [2.24, 2.45) is 0 Å². The average Bonchev–Trinajstić information content (AvgIpc) is 2.79. The molecule has 6 heteroatoms. The number of anilines is 2. The van der Waals surface area contributed by atoms with Crippen molar-refractivity contribution in [3.05, 3.63) is 107 Å². The van der Waals surface area contributed by atoms with E-state index < -0.39 is 11.8 Å². The maximum Gasteiger partial charge on any atom is 0.265 e. The molecular weight excluding hydrogens is 424 g/mol. The van der Waals surface area contributed by atoms with E-state index in [1.54, 1.807) is 54.6 Å². The van der Waals surface area contributed by atoms with Gasteiger partial charge in [0.05, 0.1) is 12.1 Å². The Morgan fingerprint density at radius 2 is 1.53 bits per heavy atom. The molecule has 0 aromatic heterocycles. The van der Waals surface area contributed by atoms with E-state index in [2.05, 4.69) is 5.32 Å². The summed E-state index contributed by atoms with van der Waals surface area (Å²) in [4.78, 5) is 40.3. The van der Waals surface area contributed by atoms with Gasteiger partial charge in [0.15, 0.2) is 0 Å². The SMILES string of the molecule is O=C(Cc1ccccc1)Nc1ccc2c3c(cccc13)C(=O)N(c1cccc(Cl)c1)C2=O. The summed E-state index contributed by atoms with van der Waals surface area (Å²) in [6.45, 7) is 0. The molecule has 4 aromatic rings. The van der Waals surface area contributed by atoms with E-state index >= 15 is 0 Å². The largest absolute Gasteiger partial charge is 0.325 e. The second-order valence-electron chi connectivity index (χ2n) is 7.52. The molecule has 1 heterocycles. The van der Waals surface area contributed by atoms with E-state index in [1.165, 1.54) is 0 Å². The van der Waals surface area contributed by atoms with E-state index in [9.17, 15) is 14.4 Å². The van der Waals surface area contributed by atoms with Gasteiger partial charge in [-0.25, -0.2) is 4.90 Å². The van der Waals surface area contributed by atoms with Gasteiger partial charge in [0.1, 0.15) is 0 Å². The standard InChI is InChI=1S/C26H17ClN2O3/c27-17-8-4-9-18(15-17)29-25(31)20-11-5-10-19-22(13-12-21(24(19)20)26(29)32)28-23(30)14-16-6-2-1-3-7-16/h1-13,15H,14H2,(H,28,30). The molecule has 1 aliphatic heterocycles. The van der Waals surface area contributed by atoms with E-state index in [1.807, 2.05) is 30.3 Å².